The number of hydrogen-bond donors (Lipinski definition) is 0. The first kappa shape index (κ1) is 15.7. The maximum absolute atomic E-state index is 4.90. The van der Waals surface area contributed by atoms with Gasteiger partial charge in [-0.25, -0.2) is 0 Å². The summed E-state index contributed by atoms with van der Waals surface area (Å²) in [7, 11) is 0. The molecule has 0 nitrogen and oxygen atoms in total. The molecule has 0 unspecified atom stereocenters. The van der Waals surface area contributed by atoms with Gasteiger partial charge >= 0.3 is 19.5 Å². The molecule has 0 aliphatic carbocycles. The Kier molecular flexibility index (Phi) is 37.1. The van der Waals surface area contributed by atoms with Gasteiger partial charge in [0.1, 0.15) is 0 Å². The molecule has 0 aliphatic heterocycles. The van der Waals surface area contributed by atoms with Crippen LogP contribution in [0.2, 0.25) is 0 Å². The Balaban J connectivity index is -0.0000000800. The molecule has 0 aliphatic rings. The van der Waals surface area contributed by atoms with Crippen molar-refractivity contribution in [3.05, 3.63) is 32.2 Å². The topological polar surface area (TPSA) is 0 Å². The van der Waals surface area contributed by atoms with Crippen LogP contribution in [0.5, 0.6) is 0 Å². The van der Waals surface area contributed by atoms with Crippen LogP contribution in [0.4, 0.5) is 0 Å². The molecule has 0 saturated carbocycles. The molecule has 42 valence electrons. The van der Waals surface area contributed by atoms with Crippen molar-refractivity contribution in [2.45, 2.75) is 6.92 Å². The van der Waals surface area contributed by atoms with Crippen molar-refractivity contribution in [2.24, 2.45) is 0 Å². The molecule has 0 saturated heterocycles. The molecule has 0 fully saturated rings. The van der Waals surface area contributed by atoms with Gasteiger partial charge in [-0.15, -0.1) is 6.92 Å². The summed E-state index contributed by atoms with van der Waals surface area (Å²) < 4.78 is 0. The third-order valence-corrected chi connectivity index (χ3v) is 0.263. The van der Waals surface area contributed by atoms with Crippen molar-refractivity contribution >= 4 is 0 Å². The molecule has 0 bridgehead atoms. The van der Waals surface area contributed by atoms with Crippen molar-refractivity contribution in [2.75, 3.05) is 0 Å². The summed E-state index contributed by atoms with van der Waals surface area (Å²) in [5, 5.41) is 0. The van der Waals surface area contributed by atoms with Gasteiger partial charge < -0.3 is 32.2 Å². The van der Waals surface area contributed by atoms with Crippen molar-refractivity contribution in [1.29, 1.82) is 0 Å². The Labute approximate surface area is 59.1 Å². The first-order valence-corrected chi connectivity index (χ1v) is 1.46. The SMILES string of the molecule is [CH-]=CC=[C-]C.[CH3-].[Rh+3]. The van der Waals surface area contributed by atoms with E-state index >= 15 is 0 Å². The first-order chi connectivity index (χ1) is 2.41. The summed E-state index contributed by atoms with van der Waals surface area (Å²) in [4.78, 5) is 0. The second kappa shape index (κ2) is 16.5. The molecule has 0 spiro atoms. The van der Waals surface area contributed by atoms with Crippen molar-refractivity contribution in [3.8, 4) is 0 Å². The van der Waals surface area contributed by atoms with E-state index in [1.807, 2.05) is 0 Å². The van der Waals surface area contributed by atoms with Gasteiger partial charge in [-0.1, -0.05) is 0 Å². The molecule has 0 rings (SSSR count). The Morgan fingerprint density at radius 2 is 2.00 bits per heavy atom. The molecular weight excluding hydrogens is 175 g/mol. The van der Waals surface area contributed by atoms with Gasteiger partial charge in [0.05, 0.1) is 0 Å². The van der Waals surface area contributed by atoms with Crippen LogP contribution in [0, 0.1) is 20.1 Å². The van der Waals surface area contributed by atoms with Gasteiger partial charge in [0.15, 0.2) is 0 Å². The van der Waals surface area contributed by atoms with Crippen LogP contribution in [-0.2, 0) is 19.5 Å². The van der Waals surface area contributed by atoms with Crippen LogP contribution in [0.1, 0.15) is 6.92 Å². The Morgan fingerprint density at radius 3 is 2.00 bits per heavy atom. The van der Waals surface area contributed by atoms with E-state index in [-0.39, 0.29) is 26.9 Å². The monoisotopic (exact) mass is 184 g/mol. The smallest absolute Gasteiger partial charge is 0.394 e. The minimum Gasteiger partial charge on any atom is -0.394 e. The van der Waals surface area contributed by atoms with Gasteiger partial charge in [-0.2, -0.15) is 0 Å². The van der Waals surface area contributed by atoms with Gasteiger partial charge in [-0.05, 0) is 0 Å². The minimum atomic E-state index is 0. The summed E-state index contributed by atoms with van der Waals surface area (Å²) in [5.41, 5.74) is 0. The molecule has 0 aromatic rings. The average molecular weight is 184 g/mol. The predicted octanol–water partition coefficient (Wildman–Crippen LogP) is 1.80. The maximum Gasteiger partial charge on any atom is 3.00 e. The van der Waals surface area contributed by atoms with E-state index in [0.29, 0.717) is 0 Å². The normalized spacial score (nSPS) is 6.43. The summed E-state index contributed by atoms with van der Waals surface area (Å²) in [6.07, 6.45) is 5.81. The second-order valence-electron chi connectivity index (χ2n) is 0.648. The Morgan fingerprint density at radius 1 is 1.57 bits per heavy atom. The molecule has 0 heterocycles. The zero-order valence-electron chi connectivity index (χ0n) is 4.57. The third-order valence-electron chi connectivity index (χ3n) is 0.263. The molecule has 0 N–H and O–H groups in total. The zero-order chi connectivity index (χ0) is 4.12. The second-order valence-corrected chi connectivity index (χ2v) is 0.648. The van der Waals surface area contributed by atoms with Crippen LogP contribution in [0.3, 0.4) is 0 Å². The number of rotatable bonds is 1. The Hall–Kier alpha value is 0.103. The van der Waals surface area contributed by atoms with Crippen molar-refractivity contribution in [1.82, 2.24) is 0 Å². The zero-order valence-corrected chi connectivity index (χ0v) is 6.20. The minimum absolute atomic E-state index is 0. The third kappa shape index (κ3) is 23.2. The van der Waals surface area contributed by atoms with Crippen LogP contribution >= 0.6 is 0 Å². The van der Waals surface area contributed by atoms with Crippen LogP contribution in [0.25, 0.3) is 0 Å². The van der Waals surface area contributed by atoms with Crippen LogP contribution < -0.4 is 0 Å². The molecule has 7 heavy (non-hydrogen) atoms. The van der Waals surface area contributed by atoms with Gasteiger partial charge in [0, 0.05) is 0 Å². The fourth-order valence-corrected chi connectivity index (χ4v) is 0.0962. The van der Waals surface area contributed by atoms with Gasteiger partial charge in [0.2, 0.25) is 0 Å². The maximum atomic E-state index is 4.90. The largest absolute Gasteiger partial charge is 3.00 e. The van der Waals surface area contributed by atoms with Crippen LogP contribution in [-0.4, -0.2) is 0 Å². The van der Waals surface area contributed by atoms with E-state index in [4.69, 9.17) is 6.58 Å². The molecule has 0 radical (unpaired) electrons. The summed E-state index contributed by atoms with van der Waals surface area (Å²) in [6.45, 7) is 6.69. The molecule has 1 heteroatoms. The van der Waals surface area contributed by atoms with E-state index in [0.717, 1.165) is 0 Å². The van der Waals surface area contributed by atoms with E-state index in [9.17, 15) is 0 Å². The van der Waals surface area contributed by atoms with Crippen molar-refractivity contribution < 1.29 is 19.5 Å². The fourth-order valence-electron chi connectivity index (χ4n) is 0.0962. The molecule has 0 atom stereocenters. The van der Waals surface area contributed by atoms with E-state index < -0.39 is 0 Å². The van der Waals surface area contributed by atoms with E-state index in [1.165, 1.54) is 6.08 Å². The summed E-state index contributed by atoms with van der Waals surface area (Å²) >= 11 is 0. The number of hydrogen-bond acceptors (Lipinski definition) is 0. The Bertz CT molecular complexity index is 46.1. The molecular formula is C6H9Rh. The van der Waals surface area contributed by atoms with Gasteiger partial charge in [0.25, 0.3) is 0 Å². The predicted molar refractivity (Wildman–Crippen MR) is 28.8 cm³/mol. The fraction of sp³-hybridized carbons (Fsp3) is 0.167. The number of allylic oxidation sites excluding steroid dienone is 3. The summed E-state index contributed by atoms with van der Waals surface area (Å²) in [5.74, 6) is 0. The standard InChI is InChI=1S/C5H6.CH3.Rh/c1-3-5-4-2;;/h1,3,5H,2H3;1H3;/q-2;-1;+3. The average Bonchev–Trinajstić information content (AvgIpc) is 1.41. The van der Waals surface area contributed by atoms with Crippen molar-refractivity contribution in [3.63, 3.8) is 0 Å². The molecule has 0 amide bonds. The van der Waals surface area contributed by atoms with Gasteiger partial charge in [-0.3, -0.25) is 0 Å². The molecule has 0 aromatic heterocycles. The van der Waals surface area contributed by atoms with E-state index in [1.54, 1.807) is 13.0 Å². The summed E-state index contributed by atoms with van der Waals surface area (Å²) in [6, 6.07) is 0. The van der Waals surface area contributed by atoms with E-state index in [2.05, 4.69) is 6.08 Å². The quantitative estimate of drug-likeness (QED) is 0.331. The van der Waals surface area contributed by atoms with Crippen LogP contribution in [0.15, 0.2) is 12.2 Å². The molecule has 0 aromatic carbocycles. The first-order valence-electron chi connectivity index (χ1n) is 1.46.